The number of hydrogen-bond acceptors (Lipinski definition) is 3. The van der Waals surface area contributed by atoms with E-state index in [1.807, 2.05) is 87.5 Å². The first-order chi connectivity index (χ1) is 13.0. The van der Waals surface area contributed by atoms with Gasteiger partial charge < -0.3 is 14.8 Å². The van der Waals surface area contributed by atoms with Crippen LogP contribution in [-0.4, -0.2) is 12.5 Å². The molecule has 27 heavy (non-hydrogen) atoms. The van der Waals surface area contributed by atoms with Gasteiger partial charge in [-0.15, -0.1) is 0 Å². The Hall–Kier alpha value is -3.27. The van der Waals surface area contributed by atoms with Gasteiger partial charge in [-0.1, -0.05) is 30.3 Å². The highest BCUT2D eigenvalue weighted by atomic mass is 16.5. The smallest absolute Gasteiger partial charge is 0.262 e. The van der Waals surface area contributed by atoms with Gasteiger partial charge in [-0.25, -0.2) is 0 Å². The predicted octanol–water partition coefficient (Wildman–Crippen LogP) is 5.42. The van der Waals surface area contributed by atoms with E-state index in [1.54, 1.807) is 0 Å². The zero-order valence-electron chi connectivity index (χ0n) is 15.8. The van der Waals surface area contributed by atoms with Crippen molar-refractivity contribution in [1.82, 2.24) is 0 Å². The van der Waals surface area contributed by atoms with E-state index in [2.05, 4.69) is 5.32 Å². The van der Waals surface area contributed by atoms with Crippen molar-refractivity contribution in [2.45, 2.75) is 20.8 Å². The normalized spacial score (nSPS) is 10.3. The Bertz CT molecular complexity index is 912. The Morgan fingerprint density at radius 3 is 2.19 bits per heavy atom. The maximum absolute atomic E-state index is 12.2. The number of anilines is 1. The molecule has 1 amide bonds. The van der Waals surface area contributed by atoms with Crippen molar-refractivity contribution in [1.29, 1.82) is 0 Å². The molecule has 0 heterocycles. The Kier molecular flexibility index (Phi) is 5.77. The molecule has 3 rings (SSSR count). The van der Waals surface area contributed by atoms with Crippen LogP contribution < -0.4 is 14.8 Å². The van der Waals surface area contributed by atoms with Crippen LogP contribution in [-0.2, 0) is 4.79 Å². The fourth-order valence-electron chi connectivity index (χ4n) is 2.78. The second kappa shape index (κ2) is 8.41. The third kappa shape index (κ3) is 5.11. The lowest BCUT2D eigenvalue weighted by Gasteiger charge is -2.12. The molecule has 0 unspecified atom stereocenters. The standard InChI is InChI=1S/C23H23NO3/c1-16-6-4-9-21(14-16)27-20-12-10-19(11-13-20)24-22(25)15-26-23-17(2)7-5-8-18(23)3/h4-14H,15H2,1-3H3,(H,24,25). The molecule has 0 saturated carbocycles. The summed E-state index contributed by atoms with van der Waals surface area (Å²) in [5.41, 5.74) is 3.86. The van der Waals surface area contributed by atoms with Gasteiger partial charge in [0.15, 0.2) is 6.61 Å². The van der Waals surface area contributed by atoms with Gasteiger partial charge in [-0.2, -0.15) is 0 Å². The maximum Gasteiger partial charge on any atom is 0.262 e. The van der Waals surface area contributed by atoms with Crippen molar-refractivity contribution in [3.05, 3.63) is 83.4 Å². The molecular formula is C23H23NO3. The first-order valence-electron chi connectivity index (χ1n) is 8.85. The van der Waals surface area contributed by atoms with E-state index in [0.29, 0.717) is 11.4 Å². The van der Waals surface area contributed by atoms with E-state index >= 15 is 0 Å². The molecule has 0 spiro atoms. The highest BCUT2D eigenvalue weighted by Gasteiger charge is 2.08. The summed E-state index contributed by atoms with van der Waals surface area (Å²) in [6.07, 6.45) is 0. The summed E-state index contributed by atoms with van der Waals surface area (Å²) in [6, 6.07) is 21.0. The molecule has 1 N–H and O–H groups in total. The quantitative estimate of drug-likeness (QED) is 0.637. The number of para-hydroxylation sites is 1. The molecular weight excluding hydrogens is 338 g/mol. The first kappa shape index (κ1) is 18.5. The van der Waals surface area contributed by atoms with E-state index in [1.165, 1.54) is 0 Å². The van der Waals surface area contributed by atoms with E-state index < -0.39 is 0 Å². The van der Waals surface area contributed by atoms with Gasteiger partial charge in [-0.05, 0) is 73.9 Å². The fourth-order valence-corrected chi connectivity index (χ4v) is 2.78. The number of amides is 1. The van der Waals surface area contributed by atoms with Crippen LogP contribution in [0.5, 0.6) is 17.2 Å². The van der Waals surface area contributed by atoms with Crippen molar-refractivity contribution >= 4 is 11.6 Å². The molecule has 3 aromatic rings. The zero-order chi connectivity index (χ0) is 19.2. The molecule has 3 aromatic carbocycles. The van der Waals surface area contributed by atoms with Gasteiger partial charge in [0, 0.05) is 5.69 Å². The largest absolute Gasteiger partial charge is 0.483 e. The number of carbonyl (C=O) groups is 1. The zero-order valence-corrected chi connectivity index (χ0v) is 15.8. The summed E-state index contributed by atoms with van der Waals surface area (Å²) in [7, 11) is 0. The number of carbonyl (C=O) groups excluding carboxylic acids is 1. The van der Waals surface area contributed by atoms with Gasteiger partial charge in [0.25, 0.3) is 5.91 Å². The lowest BCUT2D eigenvalue weighted by molar-refractivity contribution is -0.118. The number of aryl methyl sites for hydroxylation is 3. The summed E-state index contributed by atoms with van der Waals surface area (Å²) < 4.78 is 11.5. The Morgan fingerprint density at radius 1 is 0.852 bits per heavy atom. The molecule has 0 radical (unpaired) electrons. The van der Waals surface area contributed by atoms with E-state index in [9.17, 15) is 4.79 Å². The monoisotopic (exact) mass is 361 g/mol. The lowest BCUT2D eigenvalue weighted by atomic mass is 10.1. The van der Waals surface area contributed by atoms with Crippen LogP contribution >= 0.6 is 0 Å². The average molecular weight is 361 g/mol. The third-order valence-corrected chi connectivity index (χ3v) is 4.12. The van der Waals surface area contributed by atoms with Gasteiger partial charge in [0.1, 0.15) is 17.2 Å². The number of rotatable bonds is 6. The minimum atomic E-state index is -0.204. The molecule has 4 heteroatoms. The predicted molar refractivity (Wildman–Crippen MR) is 108 cm³/mol. The van der Waals surface area contributed by atoms with Crippen molar-refractivity contribution in [3.8, 4) is 17.2 Å². The van der Waals surface area contributed by atoms with Crippen LogP contribution in [0.3, 0.4) is 0 Å². The summed E-state index contributed by atoms with van der Waals surface area (Å²) in [4.78, 5) is 12.2. The summed E-state index contributed by atoms with van der Waals surface area (Å²) in [5, 5.41) is 2.83. The van der Waals surface area contributed by atoms with Gasteiger partial charge in [-0.3, -0.25) is 4.79 Å². The molecule has 0 aliphatic rings. The Balaban J connectivity index is 1.55. The number of hydrogen-bond donors (Lipinski definition) is 1. The summed E-state index contributed by atoms with van der Waals surface area (Å²) in [5.74, 6) is 2.05. The number of ether oxygens (including phenoxy) is 2. The molecule has 0 fully saturated rings. The third-order valence-electron chi connectivity index (χ3n) is 4.12. The van der Waals surface area contributed by atoms with Crippen molar-refractivity contribution in [2.75, 3.05) is 11.9 Å². The second-order valence-electron chi connectivity index (χ2n) is 6.50. The van der Waals surface area contributed by atoms with E-state index in [4.69, 9.17) is 9.47 Å². The molecule has 0 bridgehead atoms. The Labute approximate surface area is 159 Å². The maximum atomic E-state index is 12.2. The molecule has 0 saturated heterocycles. The van der Waals surface area contributed by atoms with E-state index in [-0.39, 0.29) is 12.5 Å². The molecule has 0 aliphatic heterocycles. The van der Waals surface area contributed by atoms with Crippen LogP contribution in [0, 0.1) is 20.8 Å². The molecule has 0 atom stereocenters. The van der Waals surface area contributed by atoms with Crippen LogP contribution in [0.25, 0.3) is 0 Å². The topological polar surface area (TPSA) is 47.6 Å². The first-order valence-corrected chi connectivity index (χ1v) is 8.85. The van der Waals surface area contributed by atoms with E-state index in [0.717, 1.165) is 28.2 Å². The molecule has 138 valence electrons. The lowest BCUT2D eigenvalue weighted by Crippen LogP contribution is -2.20. The summed E-state index contributed by atoms with van der Waals surface area (Å²) >= 11 is 0. The fraction of sp³-hybridized carbons (Fsp3) is 0.174. The van der Waals surface area contributed by atoms with Crippen LogP contribution in [0.2, 0.25) is 0 Å². The number of benzene rings is 3. The summed E-state index contributed by atoms with van der Waals surface area (Å²) in [6.45, 7) is 5.92. The minimum Gasteiger partial charge on any atom is -0.483 e. The average Bonchev–Trinajstić information content (AvgIpc) is 2.63. The van der Waals surface area contributed by atoms with Crippen LogP contribution in [0.15, 0.2) is 66.7 Å². The molecule has 0 aromatic heterocycles. The van der Waals surface area contributed by atoms with Gasteiger partial charge >= 0.3 is 0 Å². The minimum absolute atomic E-state index is 0.0345. The van der Waals surface area contributed by atoms with Crippen molar-refractivity contribution in [2.24, 2.45) is 0 Å². The number of nitrogens with one attached hydrogen (secondary N) is 1. The highest BCUT2D eigenvalue weighted by Crippen LogP contribution is 2.24. The van der Waals surface area contributed by atoms with Crippen molar-refractivity contribution < 1.29 is 14.3 Å². The van der Waals surface area contributed by atoms with Crippen LogP contribution in [0.1, 0.15) is 16.7 Å². The molecule has 4 nitrogen and oxygen atoms in total. The second-order valence-corrected chi connectivity index (χ2v) is 6.50. The molecule has 0 aliphatic carbocycles. The van der Waals surface area contributed by atoms with Gasteiger partial charge in [0.05, 0.1) is 0 Å². The van der Waals surface area contributed by atoms with Gasteiger partial charge in [0.2, 0.25) is 0 Å². The van der Waals surface area contributed by atoms with Crippen LogP contribution in [0.4, 0.5) is 5.69 Å². The SMILES string of the molecule is Cc1cccc(Oc2ccc(NC(=O)COc3c(C)cccc3C)cc2)c1. The highest BCUT2D eigenvalue weighted by molar-refractivity contribution is 5.91. The Morgan fingerprint density at radius 2 is 1.52 bits per heavy atom. The van der Waals surface area contributed by atoms with Crippen molar-refractivity contribution in [3.63, 3.8) is 0 Å².